The second kappa shape index (κ2) is 3.42. The lowest BCUT2D eigenvalue weighted by Gasteiger charge is -2.31. The van der Waals surface area contributed by atoms with Gasteiger partial charge in [0.15, 0.2) is 0 Å². The van der Waals surface area contributed by atoms with E-state index in [1.807, 2.05) is 13.8 Å². The molecule has 0 atom stereocenters. The Balaban J connectivity index is 2.96. The molecule has 1 heterocycles. The molecule has 0 radical (unpaired) electrons. The van der Waals surface area contributed by atoms with Crippen molar-refractivity contribution in [2.75, 3.05) is 6.61 Å². The molecular weight excluding hydrogens is 184 g/mol. The van der Waals surface area contributed by atoms with Crippen molar-refractivity contribution in [3.8, 4) is 0 Å². The summed E-state index contributed by atoms with van der Waals surface area (Å²) >= 11 is 0. The molecule has 0 spiro atoms. The highest BCUT2D eigenvalue weighted by atomic mass is 16.5. The molecule has 5 nitrogen and oxygen atoms in total. The summed E-state index contributed by atoms with van der Waals surface area (Å²) in [5, 5.41) is 16.0. The Hall–Kier alpha value is -1.36. The van der Waals surface area contributed by atoms with E-state index < -0.39 is 17.3 Å². The number of hydrogen-bond donors (Lipinski definition) is 3. The lowest BCUT2D eigenvalue weighted by molar-refractivity contribution is -0.129. The first-order valence-electron chi connectivity index (χ1n) is 4.27. The van der Waals surface area contributed by atoms with Crippen molar-refractivity contribution < 1.29 is 14.6 Å². The fourth-order valence-corrected chi connectivity index (χ4v) is 1.33. The van der Waals surface area contributed by atoms with Gasteiger partial charge in [0.1, 0.15) is 5.71 Å². The molecule has 0 aromatic carbocycles. The lowest BCUT2D eigenvalue weighted by atomic mass is 9.91. The summed E-state index contributed by atoms with van der Waals surface area (Å²) in [5.41, 5.74) is 5.44. The molecule has 0 fully saturated rings. The van der Waals surface area contributed by atoms with Crippen LogP contribution in [0.15, 0.2) is 11.3 Å². The number of nitrogens with one attached hydrogen (secondary N) is 1. The van der Waals surface area contributed by atoms with Gasteiger partial charge in [0.05, 0.1) is 12.2 Å². The third-order valence-corrected chi connectivity index (χ3v) is 2.12. The standard InChI is InChI=1S/C9H14N2O3/c1-9(2)3-5(6(10)4-14-9)7(11)8(12)13/h11H,3-4,10H2,1-2H3,(H,12,13). The number of carbonyl (C=O) groups is 1. The van der Waals surface area contributed by atoms with Crippen molar-refractivity contribution in [1.29, 1.82) is 5.41 Å². The van der Waals surface area contributed by atoms with Gasteiger partial charge in [0.2, 0.25) is 0 Å². The largest absolute Gasteiger partial charge is 0.477 e. The molecule has 1 aliphatic rings. The third kappa shape index (κ3) is 2.11. The Kier molecular flexibility index (Phi) is 2.62. The predicted molar refractivity (Wildman–Crippen MR) is 51.2 cm³/mol. The second-order valence-corrected chi connectivity index (χ2v) is 3.91. The molecule has 4 N–H and O–H groups in total. The first-order chi connectivity index (χ1) is 6.33. The average molecular weight is 198 g/mol. The molecule has 0 aromatic rings. The zero-order valence-corrected chi connectivity index (χ0v) is 8.26. The molecule has 0 saturated carbocycles. The van der Waals surface area contributed by atoms with E-state index in [9.17, 15) is 4.79 Å². The Morgan fingerprint density at radius 3 is 2.71 bits per heavy atom. The van der Waals surface area contributed by atoms with E-state index in [0.29, 0.717) is 17.7 Å². The van der Waals surface area contributed by atoms with E-state index in [4.69, 9.17) is 21.0 Å². The topological polar surface area (TPSA) is 96.4 Å². The van der Waals surface area contributed by atoms with Crippen LogP contribution in [0.25, 0.3) is 0 Å². The number of aliphatic carboxylic acids is 1. The number of hydrogen-bond acceptors (Lipinski definition) is 4. The fourth-order valence-electron chi connectivity index (χ4n) is 1.33. The van der Waals surface area contributed by atoms with E-state index in [0.717, 1.165) is 0 Å². The maximum Gasteiger partial charge on any atom is 0.354 e. The quantitative estimate of drug-likeness (QED) is 0.563. The molecule has 0 saturated heterocycles. The summed E-state index contributed by atoms with van der Waals surface area (Å²) in [5.74, 6) is -1.25. The molecule has 0 bridgehead atoms. The van der Waals surface area contributed by atoms with E-state index in [2.05, 4.69) is 0 Å². The van der Waals surface area contributed by atoms with Crippen LogP contribution in [0.5, 0.6) is 0 Å². The van der Waals surface area contributed by atoms with Crippen LogP contribution in [-0.4, -0.2) is 29.0 Å². The average Bonchev–Trinajstić information content (AvgIpc) is 2.08. The van der Waals surface area contributed by atoms with Crippen LogP contribution in [-0.2, 0) is 9.53 Å². The molecule has 78 valence electrons. The lowest BCUT2D eigenvalue weighted by Crippen LogP contribution is -2.36. The summed E-state index contributed by atoms with van der Waals surface area (Å²) in [6, 6.07) is 0. The minimum Gasteiger partial charge on any atom is -0.477 e. The first kappa shape index (κ1) is 10.7. The zero-order chi connectivity index (χ0) is 10.9. The van der Waals surface area contributed by atoms with Crippen LogP contribution in [0.2, 0.25) is 0 Å². The Bertz CT molecular complexity index is 318. The molecular formula is C9H14N2O3. The Labute approximate surface area is 82.1 Å². The highest BCUT2D eigenvalue weighted by Gasteiger charge is 2.30. The van der Waals surface area contributed by atoms with Crippen LogP contribution in [0.4, 0.5) is 0 Å². The van der Waals surface area contributed by atoms with Gasteiger partial charge in [0, 0.05) is 17.7 Å². The van der Waals surface area contributed by atoms with Crippen molar-refractivity contribution in [3.05, 3.63) is 11.3 Å². The highest BCUT2D eigenvalue weighted by Crippen LogP contribution is 2.27. The summed E-state index contributed by atoms with van der Waals surface area (Å²) in [7, 11) is 0. The Morgan fingerprint density at radius 1 is 1.64 bits per heavy atom. The molecule has 1 aliphatic heterocycles. The van der Waals surface area contributed by atoms with Crippen LogP contribution >= 0.6 is 0 Å². The monoisotopic (exact) mass is 198 g/mol. The van der Waals surface area contributed by atoms with Crippen LogP contribution in [0, 0.1) is 5.41 Å². The van der Waals surface area contributed by atoms with Crippen LogP contribution in [0.1, 0.15) is 20.3 Å². The molecule has 0 aliphatic carbocycles. The van der Waals surface area contributed by atoms with Gasteiger partial charge in [-0.15, -0.1) is 0 Å². The number of rotatable bonds is 2. The fraction of sp³-hybridized carbons (Fsp3) is 0.556. The van der Waals surface area contributed by atoms with Crippen molar-refractivity contribution in [3.63, 3.8) is 0 Å². The van der Waals surface area contributed by atoms with Crippen LogP contribution in [0.3, 0.4) is 0 Å². The SMILES string of the molecule is CC1(C)CC(C(=N)C(=O)O)=C(N)CO1. The van der Waals surface area contributed by atoms with E-state index in [1.54, 1.807) is 0 Å². The van der Waals surface area contributed by atoms with Gasteiger partial charge in [-0.1, -0.05) is 0 Å². The minimum absolute atomic E-state index is 0.192. The maximum atomic E-state index is 10.6. The number of nitrogens with two attached hydrogens (primary N) is 1. The van der Waals surface area contributed by atoms with Gasteiger partial charge in [-0.3, -0.25) is 5.41 Å². The molecule has 0 unspecified atom stereocenters. The predicted octanol–water partition coefficient (Wildman–Crippen LogP) is 0.502. The number of carboxylic acids is 1. The molecule has 1 rings (SSSR count). The van der Waals surface area contributed by atoms with E-state index >= 15 is 0 Å². The van der Waals surface area contributed by atoms with E-state index in [-0.39, 0.29) is 6.61 Å². The van der Waals surface area contributed by atoms with Crippen molar-refractivity contribution in [2.24, 2.45) is 5.73 Å². The van der Waals surface area contributed by atoms with Gasteiger partial charge in [0.25, 0.3) is 0 Å². The van der Waals surface area contributed by atoms with Gasteiger partial charge in [-0.2, -0.15) is 0 Å². The van der Waals surface area contributed by atoms with Crippen molar-refractivity contribution in [2.45, 2.75) is 25.9 Å². The molecule has 14 heavy (non-hydrogen) atoms. The number of carboxylic acid groups (broad SMARTS) is 1. The third-order valence-electron chi connectivity index (χ3n) is 2.12. The minimum atomic E-state index is -1.25. The summed E-state index contributed by atoms with van der Waals surface area (Å²) in [6.45, 7) is 3.88. The maximum absolute atomic E-state index is 10.6. The normalized spacial score (nSPS) is 20.7. The molecule has 5 heteroatoms. The highest BCUT2D eigenvalue weighted by molar-refractivity contribution is 6.41. The Morgan fingerprint density at radius 2 is 2.21 bits per heavy atom. The van der Waals surface area contributed by atoms with Crippen molar-refractivity contribution in [1.82, 2.24) is 0 Å². The van der Waals surface area contributed by atoms with E-state index in [1.165, 1.54) is 0 Å². The summed E-state index contributed by atoms with van der Waals surface area (Å²) in [4.78, 5) is 10.6. The van der Waals surface area contributed by atoms with Crippen LogP contribution < -0.4 is 5.73 Å². The smallest absolute Gasteiger partial charge is 0.354 e. The van der Waals surface area contributed by atoms with Gasteiger partial charge in [-0.05, 0) is 13.8 Å². The van der Waals surface area contributed by atoms with Gasteiger partial charge in [-0.25, -0.2) is 4.79 Å². The summed E-state index contributed by atoms with van der Waals surface area (Å²) < 4.78 is 5.37. The zero-order valence-electron chi connectivity index (χ0n) is 8.26. The van der Waals surface area contributed by atoms with Gasteiger partial charge < -0.3 is 15.6 Å². The molecule has 0 aromatic heterocycles. The first-order valence-corrected chi connectivity index (χ1v) is 4.27. The van der Waals surface area contributed by atoms with Crippen molar-refractivity contribution >= 4 is 11.7 Å². The molecule has 0 amide bonds. The number of ether oxygens (including phenoxy) is 1. The summed E-state index contributed by atoms with van der Waals surface area (Å²) in [6.07, 6.45) is 0.365. The van der Waals surface area contributed by atoms with Gasteiger partial charge >= 0.3 is 5.97 Å². The second-order valence-electron chi connectivity index (χ2n) is 3.91.